The molecule has 0 aliphatic heterocycles. The van der Waals surface area contributed by atoms with Gasteiger partial charge < -0.3 is 15.7 Å². The Morgan fingerprint density at radius 2 is 2.00 bits per heavy atom. The molecule has 0 heterocycles. The van der Waals surface area contributed by atoms with E-state index in [1.165, 1.54) is 4.90 Å². The van der Waals surface area contributed by atoms with Crippen LogP contribution in [0.15, 0.2) is 29.2 Å². The maximum Gasteiger partial charge on any atom is 0.315 e. The molecule has 0 aromatic heterocycles. The van der Waals surface area contributed by atoms with Gasteiger partial charge in [0.15, 0.2) is 0 Å². The van der Waals surface area contributed by atoms with Crippen molar-refractivity contribution in [1.82, 2.24) is 10.6 Å². The van der Waals surface area contributed by atoms with E-state index in [1.54, 1.807) is 18.7 Å². The molecule has 1 aromatic carbocycles. The minimum atomic E-state index is -0.385. The van der Waals surface area contributed by atoms with Crippen molar-refractivity contribution in [3.05, 3.63) is 29.8 Å². The minimum absolute atomic E-state index is 0.204. The molecule has 0 fully saturated rings. The van der Waals surface area contributed by atoms with E-state index in [0.717, 1.165) is 5.56 Å². The van der Waals surface area contributed by atoms with E-state index in [2.05, 4.69) is 10.6 Å². The normalized spacial score (nSPS) is 11.9. The summed E-state index contributed by atoms with van der Waals surface area (Å²) in [7, 11) is 0. The van der Waals surface area contributed by atoms with Gasteiger partial charge in [0.1, 0.15) is 0 Å². The van der Waals surface area contributed by atoms with Crippen LogP contribution in [-0.4, -0.2) is 30.0 Å². The van der Waals surface area contributed by atoms with Gasteiger partial charge in [-0.2, -0.15) is 0 Å². The zero-order valence-corrected chi connectivity index (χ0v) is 11.6. The summed E-state index contributed by atoms with van der Waals surface area (Å²) in [6, 6.07) is 7.87. The van der Waals surface area contributed by atoms with Crippen molar-refractivity contribution >= 4 is 17.8 Å². The minimum Gasteiger partial charge on any atom is -0.393 e. The van der Waals surface area contributed by atoms with Crippen molar-refractivity contribution in [3.8, 4) is 0 Å². The van der Waals surface area contributed by atoms with Crippen LogP contribution in [0.3, 0.4) is 0 Å². The molecule has 100 valence electrons. The monoisotopic (exact) mass is 268 g/mol. The molecule has 1 unspecified atom stereocenters. The first-order chi connectivity index (χ1) is 8.61. The molecule has 3 N–H and O–H groups in total. The molecule has 1 atom stereocenters. The van der Waals surface area contributed by atoms with Crippen molar-refractivity contribution in [2.45, 2.75) is 30.9 Å². The molecule has 1 aromatic rings. The Bertz CT molecular complexity index is 366. The van der Waals surface area contributed by atoms with Gasteiger partial charge in [0, 0.05) is 18.0 Å². The standard InChI is InChI=1S/C13H20N2O2S/c1-10(16)7-8-14-13(17)15-9-11-3-5-12(18-2)6-4-11/h3-6,10,16H,7-9H2,1-2H3,(H2,14,15,17). The van der Waals surface area contributed by atoms with Gasteiger partial charge in [-0.3, -0.25) is 0 Å². The maximum absolute atomic E-state index is 11.4. The third-order valence-electron chi connectivity index (χ3n) is 2.46. The highest BCUT2D eigenvalue weighted by Gasteiger charge is 2.01. The van der Waals surface area contributed by atoms with E-state index in [1.807, 2.05) is 30.5 Å². The summed E-state index contributed by atoms with van der Waals surface area (Å²) in [5.41, 5.74) is 1.07. The molecule has 0 radical (unpaired) electrons. The first kappa shape index (κ1) is 14.9. The van der Waals surface area contributed by atoms with Crippen LogP contribution in [0.5, 0.6) is 0 Å². The average molecular weight is 268 g/mol. The van der Waals surface area contributed by atoms with E-state index in [0.29, 0.717) is 19.5 Å². The van der Waals surface area contributed by atoms with Crippen LogP contribution in [0.25, 0.3) is 0 Å². The molecule has 5 heteroatoms. The second kappa shape index (κ2) is 8.00. The van der Waals surface area contributed by atoms with Gasteiger partial charge in [-0.25, -0.2) is 4.79 Å². The van der Waals surface area contributed by atoms with Gasteiger partial charge in [-0.1, -0.05) is 12.1 Å². The molecule has 0 saturated carbocycles. The van der Waals surface area contributed by atoms with E-state index in [-0.39, 0.29) is 12.1 Å². The highest BCUT2D eigenvalue weighted by molar-refractivity contribution is 7.98. The van der Waals surface area contributed by atoms with Crippen LogP contribution >= 0.6 is 11.8 Å². The van der Waals surface area contributed by atoms with E-state index in [9.17, 15) is 4.79 Å². The van der Waals surface area contributed by atoms with Crippen LogP contribution in [-0.2, 0) is 6.54 Å². The van der Waals surface area contributed by atoms with Gasteiger partial charge in [0.25, 0.3) is 0 Å². The highest BCUT2D eigenvalue weighted by atomic mass is 32.2. The van der Waals surface area contributed by atoms with Gasteiger partial charge >= 0.3 is 6.03 Å². The Kier molecular flexibility index (Phi) is 6.60. The number of nitrogens with one attached hydrogen (secondary N) is 2. The van der Waals surface area contributed by atoms with E-state index in [4.69, 9.17) is 5.11 Å². The summed E-state index contributed by atoms with van der Waals surface area (Å²) in [6.07, 6.45) is 2.21. The summed E-state index contributed by atoms with van der Waals surface area (Å²) < 4.78 is 0. The van der Waals surface area contributed by atoms with Crippen molar-refractivity contribution in [2.24, 2.45) is 0 Å². The third-order valence-corrected chi connectivity index (χ3v) is 3.20. The van der Waals surface area contributed by atoms with Crippen molar-refractivity contribution in [1.29, 1.82) is 0 Å². The lowest BCUT2D eigenvalue weighted by atomic mass is 10.2. The van der Waals surface area contributed by atoms with Crippen LogP contribution in [0.4, 0.5) is 4.79 Å². The molecule has 0 aliphatic rings. The SMILES string of the molecule is CSc1ccc(CNC(=O)NCCC(C)O)cc1. The van der Waals surface area contributed by atoms with Crippen LogP contribution < -0.4 is 10.6 Å². The fourth-order valence-electron chi connectivity index (χ4n) is 1.38. The molecular weight excluding hydrogens is 248 g/mol. The second-order valence-corrected chi connectivity index (χ2v) is 4.97. The van der Waals surface area contributed by atoms with Crippen LogP contribution in [0.1, 0.15) is 18.9 Å². The summed E-state index contributed by atoms with van der Waals surface area (Å²) in [6.45, 7) is 2.69. The topological polar surface area (TPSA) is 61.4 Å². The number of urea groups is 1. The highest BCUT2D eigenvalue weighted by Crippen LogP contribution is 2.14. The number of aliphatic hydroxyl groups excluding tert-OH is 1. The lowest BCUT2D eigenvalue weighted by molar-refractivity contribution is 0.183. The number of benzene rings is 1. The lowest BCUT2D eigenvalue weighted by Gasteiger charge is -2.09. The predicted molar refractivity (Wildman–Crippen MR) is 74.8 cm³/mol. The molecule has 0 aliphatic carbocycles. The average Bonchev–Trinajstić information content (AvgIpc) is 2.36. The van der Waals surface area contributed by atoms with Crippen molar-refractivity contribution in [3.63, 3.8) is 0 Å². The number of hydrogen-bond acceptors (Lipinski definition) is 3. The van der Waals surface area contributed by atoms with E-state index >= 15 is 0 Å². The van der Waals surface area contributed by atoms with Gasteiger partial charge in [-0.05, 0) is 37.3 Å². The number of amides is 2. The summed E-state index contributed by atoms with van der Waals surface area (Å²) in [5, 5.41) is 14.5. The lowest BCUT2D eigenvalue weighted by Crippen LogP contribution is -2.36. The molecule has 18 heavy (non-hydrogen) atoms. The quantitative estimate of drug-likeness (QED) is 0.691. The molecule has 0 spiro atoms. The number of thioether (sulfide) groups is 1. The number of rotatable bonds is 6. The Morgan fingerprint density at radius 1 is 1.33 bits per heavy atom. The Morgan fingerprint density at radius 3 is 2.56 bits per heavy atom. The molecule has 0 bridgehead atoms. The first-order valence-electron chi connectivity index (χ1n) is 5.94. The van der Waals surface area contributed by atoms with Crippen molar-refractivity contribution < 1.29 is 9.90 Å². The summed E-state index contributed by atoms with van der Waals surface area (Å²) >= 11 is 1.69. The first-order valence-corrected chi connectivity index (χ1v) is 7.17. The number of hydrogen-bond donors (Lipinski definition) is 3. The fraction of sp³-hybridized carbons (Fsp3) is 0.462. The third kappa shape index (κ3) is 5.93. The Hall–Kier alpha value is -1.20. The fourth-order valence-corrected chi connectivity index (χ4v) is 1.79. The zero-order chi connectivity index (χ0) is 13.4. The molecular formula is C13H20N2O2S. The zero-order valence-electron chi connectivity index (χ0n) is 10.8. The van der Waals surface area contributed by atoms with Gasteiger partial charge in [-0.15, -0.1) is 11.8 Å². The summed E-state index contributed by atoms with van der Waals surface area (Å²) in [4.78, 5) is 12.6. The van der Waals surface area contributed by atoms with Crippen molar-refractivity contribution in [2.75, 3.05) is 12.8 Å². The Balaban J connectivity index is 2.24. The second-order valence-electron chi connectivity index (χ2n) is 4.10. The van der Waals surface area contributed by atoms with Gasteiger partial charge in [0.2, 0.25) is 0 Å². The smallest absolute Gasteiger partial charge is 0.315 e. The molecule has 2 amide bonds. The predicted octanol–water partition coefficient (Wildman–Crippen LogP) is 1.98. The van der Waals surface area contributed by atoms with Crippen LogP contribution in [0, 0.1) is 0 Å². The number of carbonyl (C=O) groups excluding carboxylic acids is 1. The number of aliphatic hydroxyl groups is 1. The van der Waals surface area contributed by atoms with Crippen LogP contribution in [0.2, 0.25) is 0 Å². The van der Waals surface area contributed by atoms with E-state index < -0.39 is 0 Å². The maximum atomic E-state index is 11.4. The summed E-state index contributed by atoms with van der Waals surface area (Å²) in [5.74, 6) is 0. The largest absolute Gasteiger partial charge is 0.393 e. The molecule has 1 rings (SSSR count). The Labute approximate surface area is 112 Å². The molecule has 0 saturated heterocycles. The number of carbonyl (C=O) groups is 1. The molecule has 4 nitrogen and oxygen atoms in total. The van der Waals surface area contributed by atoms with Gasteiger partial charge in [0.05, 0.1) is 6.10 Å².